The SMILES string of the molecule is COc1cc(C)c(-c2nc3cc(CO)ccn3c2N)cc1C. The lowest BCUT2D eigenvalue weighted by Crippen LogP contribution is -1.96. The van der Waals surface area contributed by atoms with Gasteiger partial charge >= 0.3 is 0 Å². The third-order valence-corrected chi connectivity index (χ3v) is 3.91. The molecule has 22 heavy (non-hydrogen) atoms. The van der Waals surface area contributed by atoms with E-state index in [1.807, 2.05) is 48.7 Å². The molecular weight excluding hydrogens is 278 g/mol. The first-order valence-corrected chi connectivity index (χ1v) is 7.08. The van der Waals surface area contributed by atoms with Crippen LogP contribution in [0.15, 0.2) is 30.5 Å². The molecule has 3 aromatic rings. The average Bonchev–Trinajstić information content (AvgIpc) is 2.85. The molecule has 114 valence electrons. The fraction of sp³-hybridized carbons (Fsp3) is 0.235. The van der Waals surface area contributed by atoms with E-state index >= 15 is 0 Å². The van der Waals surface area contributed by atoms with Crippen LogP contribution in [0.25, 0.3) is 16.9 Å². The first-order valence-electron chi connectivity index (χ1n) is 7.08. The Labute approximate surface area is 129 Å². The number of benzene rings is 1. The number of ether oxygens (including phenoxy) is 1. The van der Waals surface area contributed by atoms with Gasteiger partial charge in [0.15, 0.2) is 0 Å². The molecule has 0 aliphatic carbocycles. The Balaban J connectivity index is 2.22. The summed E-state index contributed by atoms with van der Waals surface area (Å²) < 4.78 is 7.18. The van der Waals surface area contributed by atoms with Crippen molar-refractivity contribution in [2.45, 2.75) is 20.5 Å². The average molecular weight is 297 g/mol. The van der Waals surface area contributed by atoms with Gasteiger partial charge in [-0.1, -0.05) is 0 Å². The van der Waals surface area contributed by atoms with Crippen molar-refractivity contribution in [2.24, 2.45) is 0 Å². The Hall–Kier alpha value is -2.53. The van der Waals surface area contributed by atoms with Gasteiger partial charge in [-0.05, 0) is 54.8 Å². The van der Waals surface area contributed by atoms with Crippen LogP contribution in [0.3, 0.4) is 0 Å². The first-order chi connectivity index (χ1) is 10.5. The van der Waals surface area contributed by atoms with Gasteiger partial charge in [0.1, 0.15) is 22.9 Å². The number of aryl methyl sites for hydroxylation is 2. The third-order valence-electron chi connectivity index (χ3n) is 3.91. The number of aliphatic hydroxyl groups is 1. The van der Waals surface area contributed by atoms with Crippen molar-refractivity contribution >= 4 is 11.5 Å². The summed E-state index contributed by atoms with van der Waals surface area (Å²) in [5, 5.41) is 9.25. The number of hydrogen-bond donors (Lipinski definition) is 2. The van der Waals surface area contributed by atoms with Crippen LogP contribution in [0.2, 0.25) is 0 Å². The van der Waals surface area contributed by atoms with E-state index in [-0.39, 0.29) is 6.61 Å². The lowest BCUT2D eigenvalue weighted by molar-refractivity contribution is 0.282. The van der Waals surface area contributed by atoms with Crippen molar-refractivity contribution in [2.75, 3.05) is 12.8 Å². The van der Waals surface area contributed by atoms with Gasteiger partial charge in [0.05, 0.1) is 13.7 Å². The predicted molar refractivity (Wildman–Crippen MR) is 87.0 cm³/mol. The molecule has 5 nitrogen and oxygen atoms in total. The number of hydrogen-bond acceptors (Lipinski definition) is 4. The van der Waals surface area contributed by atoms with Gasteiger partial charge in [-0.25, -0.2) is 4.98 Å². The summed E-state index contributed by atoms with van der Waals surface area (Å²) in [5.41, 5.74) is 11.6. The molecule has 0 saturated carbocycles. The van der Waals surface area contributed by atoms with Gasteiger partial charge in [-0.15, -0.1) is 0 Å². The quantitative estimate of drug-likeness (QED) is 0.779. The summed E-state index contributed by atoms with van der Waals surface area (Å²) in [7, 11) is 1.66. The van der Waals surface area contributed by atoms with Gasteiger partial charge < -0.3 is 15.6 Å². The molecule has 5 heteroatoms. The molecule has 3 rings (SSSR count). The van der Waals surface area contributed by atoms with Crippen LogP contribution in [0.4, 0.5) is 5.82 Å². The molecule has 0 spiro atoms. The van der Waals surface area contributed by atoms with E-state index in [4.69, 9.17) is 10.5 Å². The molecular formula is C17H19N3O2. The minimum atomic E-state index is -0.0146. The minimum absolute atomic E-state index is 0.0146. The monoisotopic (exact) mass is 297 g/mol. The van der Waals surface area contributed by atoms with Crippen molar-refractivity contribution in [1.82, 2.24) is 9.38 Å². The van der Waals surface area contributed by atoms with E-state index in [1.165, 1.54) is 0 Å². The van der Waals surface area contributed by atoms with E-state index in [0.717, 1.165) is 39.3 Å². The number of nitrogens with zero attached hydrogens (tertiary/aromatic N) is 2. The molecule has 2 aromatic heterocycles. The molecule has 0 aliphatic heterocycles. The maximum absolute atomic E-state index is 9.25. The molecule has 0 bridgehead atoms. The highest BCUT2D eigenvalue weighted by molar-refractivity contribution is 5.78. The Kier molecular flexibility index (Phi) is 3.50. The van der Waals surface area contributed by atoms with Crippen LogP contribution in [0, 0.1) is 13.8 Å². The van der Waals surface area contributed by atoms with Crippen molar-refractivity contribution < 1.29 is 9.84 Å². The van der Waals surface area contributed by atoms with Crippen LogP contribution in [-0.2, 0) is 6.61 Å². The molecule has 0 amide bonds. The minimum Gasteiger partial charge on any atom is -0.496 e. The third kappa shape index (κ3) is 2.19. The standard InChI is InChI=1S/C17H19N3O2/c1-10-7-14(22-3)11(2)6-13(10)16-17(18)20-5-4-12(9-21)8-15(20)19-16/h4-8,21H,9,18H2,1-3H3. The second-order valence-electron chi connectivity index (χ2n) is 5.40. The van der Waals surface area contributed by atoms with Crippen LogP contribution < -0.4 is 10.5 Å². The first kappa shape index (κ1) is 14.4. The molecule has 0 fully saturated rings. The topological polar surface area (TPSA) is 72.8 Å². The van der Waals surface area contributed by atoms with Crippen LogP contribution >= 0.6 is 0 Å². The number of aliphatic hydroxyl groups excluding tert-OH is 1. The van der Waals surface area contributed by atoms with Crippen LogP contribution in [-0.4, -0.2) is 21.6 Å². The number of rotatable bonds is 3. The summed E-state index contributed by atoms with van der Waals surface area (Å²) in [6.45, 7) is 4.00. The molecule has 3 N–H and O–H groups in total. The zero-order valence-corrected chi connectivity index (χ0v) is 12.9. The number of pyridine rings is 1. The smallest absolute Gasteiger partial charge is 0.139 e. The van der Waals surface area contributed by atoms with Crippen LogP contribution in [0.5, 0.6) is 5.75 Å². The largest absolute Gasteiger partial charge is 0.496 e. The predicted octanol–water partition coefficient (Wildman–Crippen LogP) is 2.70. The van der Waals surface area contributed by atoms with E-state index in [0.29, 0.717) is 5.82 Å². The second-order valence-corrected chi connectivity index (χ2v) is 5.40. The summed E-state index contributed by atoms with van der Waals surface area (Å²) in [6, 6.07) is 7.71. The highest BCUT2D eigenvalue weighted by atomic mass is 16.5. The fourth-order valence-corrected chi connectivity index (χ4v) is 2.67. The lowest BCUT2D eigenvalue weighted by atomic mass is 10.0. The van der Waals surface area contributed by atoms with Gasteiger partial charge in [0.2, 0.25) is 0 Å². The molecule has 0 aliphatic rings. The molecule has 0 saturated heterocycles. The summed E-state index contributed by atoms with van der Waals surface area (Å²) in [6.07, 6.45) is 1.83. The molecule has 0 unspecified atom stereocenters. The number of fused-ring (bicyclic) bond motifs is 1. The number of nitrogen functional groups attached to an aromatic ring is 1. The number of methoxy groups -OCH3 is 1. The fourth-order valence-electron chi connectivity index (χ4n) is 2.67. The van der Waals surface area contributed by atoms with Crippen molar-refractivity contribution in [1.29, 1.82) is 0 Å². The van der Waals surface area contributed by atoms with E-state index in [9.17, 15) is 5.11 Å². The van der Waals surface area contributed by atoms with E-state index < -0.39 is 0 Å². The zero-order chi connectivity index (χ0) is 15.9. The maximum Gasteiger partial charge on any atom is 0.139 e. The van der Waals surface area contributed by atoms with Crippen molar-refractivity contribution in [3.8, 4) is 17.0 Å². The van der Waals surface area contributed by atoms with E-state index in [2.05, 4.69) is 4.98 Å². The number of imidazole rings is 1. The Bertz CT molecular complexity index is 853. The van der Waals surface area contributed by atoms with Gasteiger partial charge in [0, 0.05) is 11.8 Å². The Morgan fingerprint density at radius 3 is 2.68 bits per heavy atom. The second kappa shape index (κ2) is 5.35. The number of aromatic nitrogens is 2. The highest BCUT2D eigenvalue weighted by Crippen LogP contribution is 2.33. The normalized spacial score (nSPS) is 11.1. The van der Waals surface area contributed by atoms with Gasteiger partial charge in [-0.3, -0.25) is 4.40 Å². The molecule has 0 radical (unpaired) electrons. The zero-order valence-electron chi connectivity index (χ0n) is 12.9. The number of nitrogens with two attached hydrogens (primary N) is 1. The van der Waals surface area contributed by atoms with Crippen LogP contribution in [0.1, 0.15) is 16.7 Å². The molecule has 1 aromatic carbocycles. The Morgan fingerprint density at radius 2 is 2.00 bits per heavy atom. The lowest BCUT2D eigenvalue weighted by Gasteiger charge is -2.10. The van der Waals surface area contributed by atoms with Gasteiger partial charge in [0.25, 0.3) is 0 Å². The van der Waals surface area contributed by atoms with Crippen molar-refractivity contribution in [3.63, 3.8) is 0 Å². The van der Waals surface area contributed by atoms with E-state index in [1.54, 1.807) is 7.11 Å². The summed E-state index contributed by atoms with van der Waals surface area (Å²) >= 11 is 0. The summed E-state index contributed by atoms with van der Waals surface area (Å²) in [4.78, 5) is 4.63. The van der Waals surface area contributed by atoms with Crippen molar-refractivity contribution in [3.05, 3.63) is 47.2 Å². The number of anilines is 1. The molecule has 0 atom stereocenters. The highest BCUT2D eigenvalue weighted by Gasteiger charge is 2.15. The Morgan fingerprint density at radius 1 is 1.23 bits per heavy atom. The van der Waals surface area contributed by atoms with Gasteiger partial charge in [-0.2, -0.15) is 0 Å². The summed E-state index contributed by atoms with van der Waals surface area (Å²) in [5.74, 6) is 1.44. The maximum atomic E-state index is 9.25. The molecule has 2 heterocycles.